The summed E-state index contributed by atoms with van der Waals surface area (Å²) in [7, 11) is 0. The molecule has 0 spiro atoms. The van der Waals surface area contributed by atoms with Gasteiger partial charge in [0, 0.05) is 15.7 Å². The summed E-state index contributed by atoms with van der Waals surface area (Å²) >= 11 is 7.62. The van der Waals surface area contributed by atoms with Crippen LogP contribution in [0.5, 0.6) is 0 Å². The van der Waals surface area contributed by atoms with Crippen LogP contribution in [-0.4, -0.2) is 16.8 Å². The fourth-order valence-corrected chi connectivity index (χ4v) is 3.00. The predicted molar refractivity (Wildman–Crippen MR) is 79.3 cm³/mol. The van der Waals surface area contributed by atoms with Gasteiger partial charge in [-0.1, -0.05) is 41.9 Å². The van der Waals surface area contributed by atoms with Crippen LogP contribution in [0.1, 0.15) is 15.9 Å². The molecule has 0 saturated heterocycles. The van der Waals surface area contributed by atoms with E-state index in [1.807, 2.05) is 36.4 Å². The van der Waals surface area contributed by atoms with Crippen molar-refractivity contribution >= 4 is 29.3 Å². The Labute approximate surface area is 121 Å². The van der Waals surface area contributed by atoms with Crippen LogP contribution in [0, 0.1) is 0 Å². The lowest BCUT2D eigenvalue weighted by Crippen LogP contribution is -1.99. The molecule has 0 saturated carbocycles. The average Bonchev–Trinajstić information content (AvgIpc) is 2.41. The highest BCUT2D eigenvalue weighted by molar-refractivity contribution is 7.99. The molecule has 0 atom stereocenters. The van der Waals surface area contributed by atoms with Crippen molar-refractivity contribution < 1.29 is 9.90 Å². The van der Waals surface area contributed by atoms with Gasteiger partial charge < -0.3 is 5.11 Å². The number of rotatable bonds is 5. The van der Waals surface area contributed by atoms with E-state index < -0.39 is 5.97 Å². The lowest BCUT2D eigenvalue weighted by Gasteiger charge is -2.06. The lowest BCUT2D eigenvalue weighted by atomic mass is 10.2. The minimum atomic E-state index is -0.888. The fraction of sp³-hybridized carbons (Fsp3) is 0.133. The van der Waals surface area contributed by atoms with Gasteiger partial charge in [0.05, 0.1) is 5.56 Å². The van der Waals surface area contributed by atoms with Gasteiger partial charge in [0.2, 0.25) is 0 Å². The maximum Gasteiger partial charge on any atom is 0.336 e. The number of carbonyl (C=O) groups is 1. The second-order valence-corrected chi connectivity index (χ2v) is 5.54. The molecule has 1 N–H and O–H groups in total. The van der Waals surface area contributed by atoms with E-state index in [1.54, 1.807) is 12.1 Å². The van der Waals surface area contributed by atoms with Gasteiger partial charge in [-0.3, -0.25) is 0 Å². The number of carboxylic acids is 1. The molecular weight excluding hydrogens is 280 g/mol. The molecule has 2 aromatic rings. The molecule has 2 nitrogen and oxygen atoms in total. The Morgan fingerprint density at radius 1 is 1.11 bits per heavy atom. The zero-order valence-electron chi connectivity index (χ0n) is 10.2. The van der Waals surface area contributed by atoms with Crippen LogP contribution in [-0.2, 0) is 6.42 Å². The quantitative estimate of drug-likeness (QED) is 0.831. The molecule has 0 bridgehead atoms. The number of hydrogen-bond donors (Lipinski definition) is 1. The van der Waals surface area contributed by atoms with Crippen molar-refractivity contribution in [3.63, 3.8) is 0 Å². The van der Waals surface area contributed by atoms with Gasteiger partial charge in [-0.25, -0.2) is 4.79 Å². The van der Waals surface area contributed by atoms with Gasteiger partial charge >= 0.3 is 5.97 Å². The molecule has 0 heterocycles. The highest BCUT2D eigenvalue weighted by atomic mass is 35.5. The molecule has 2 rings (SSSR count). The van der Waals surface area contributed by atoms with E-state index in [0.29, 0.717) is 5.56 Å². The standard InChI is InChI=1S/C15H13ClO2S/c16-13-7-3-1-5-11(13)9-10-19-14-8-4-2-6-12(14)15(17)18/h1-8H,9-10H2,(H,17,18). The Balaban J connectivity index is 2.00. The minimum absolute atomic E-state index is 0.353. The van der Waals surface area contributed by atoms with Crippen LogP contribution in [0.15, 0.2) is 53.4 Å². The largest absolute Gasteiger partial charge is 0.478 e. The second kappa shape index (κ2) is 6.64. The number of aryl methyl sites for hydroxylation is 1. The number of benzene rings is 2. The summed E-state index contributed by atoms with van der Waals surface area (Å²) in [6.45, 7) is 0. The second-order valence-electron chi connectivity index (χ2n) is 3.99. The van der Waals surface area contributed by atoms with E-state index >= 15 is 0 Å². The van der Waals surface area contributed by atoms with Crippen molar-refractivity contribution in [3.05, 3.63) is 64.7 Å². The van der Waals surface area contributed by atoms with Crippen LogP contribution < -0.4 is 0 Å². The molecule has 98 valence electrons. The first kappa shape index (κ1) is 14.0. The van der Waals surface area contributed by atoms with Crippen molar-refractivity contribution in [2.24, 2.45) is 0 Å². The van der Waals surface area contributed by atoms with E-state index in [4.69, 9.17) is 16.7 Å². The summed E-state index contributed by atoms with van der Waals surface area (Å²) in [4.78, 5) is 11.9. The summed E-state index contributed by atoms with van der Waals surface area (Å²) < 4.78 is 0. The van der Waals surface area contributed by atoms with Crippen molar-refractivity contribution in [1.82, 2.24) is 0 Å². The molecule has 0 fully saturated rings. The van der Waals surface area contributed by atoms with Crippen molar-refractivity contribution in [3.8, 4) is 0 Å². The molecule has 19 heavy (non-hydrogen) atoms. The number of halogens is 1. The molecule has 4 heteroatoms. The number of thioether (sulfide) groups is 1. The van der Waals surface area contributed by atoms with E-state index in [0.717, 1.165) is 27.7 Å². The summed E-state index contributed by atoms with van der Waals surface area (Å²) in [5.41, 5.74) is 1.44. The van der Waals surface area contributed by atoms with Crippen molar-refractivity contribution in [2.75, 3.05) is 5.75 Å². The topological polar surface area (TPSA) is 37.3 Å². The molecule has 0 amide bonds. The van der Waals surface area contributed by atoms with Gasteiger partial charge in [-0.15, -0.1) is 11.8 Å². The Bertz CT molecular complexity index is 584. The molecule has 0 aliphatic rings. The Kier molecular flexibility index (Phi) is 4.88. The van der Waals surface area contributed by atoms with Crippen LogP contribution in [0.2, 0.25) is 5.02 Å². The molecule has 0 aromatic heterocycles. The number of aromatic carboxylic acids is 1. The van der Waals surface area contributed by atoms with Crippen LogP contribution in [0.25, 0.3) is 0 Å². The van der Waals surface area contributed by atoms with Gasteiger partial charge in [0.25, 0.3) is 0 Å². The molecular formula is C15H13ClO2S. The summed E-state index contributed by atoms with van der Waals surface area (Å²) in [5.74, 6) is -0.0885. The predicted octanol–water partition coefficient (Wildman–Crippen LogP) is 4.37. The zero-order valence-corrected chi connectivity index (χ0v) is 11.7. The van der Waals surface area contributed by atoms with Crippen LogP contribution in [0.3, 0.4) is 0 Å². The van der Waals surface area contributed by atoms with E-state index in [1.165, 1.54) is 11.8 Å². The summed E-state index contributed by atoms with van der Waals surface area (Å²) in [6.07, 6.45) is 0.818. The Hall–Kier alpha value is -1.45. The monoisotopic (exact) mass is 292 g/mol. The molecule has 2 aromatic carbocycles. The van der Waals surface area contributed by atoms with E-state index in [2.05, 4.69) is 0 Å². The van der Waals surface area contributed by atoms with Gasteiger partial charge in [-0.05, 0) is 30.2 Å². The Morgan fingerprint density at radius 2 is 1.79 bits per heavy atom. The number of hydrogen-bond acceptors (Lipinski definition) is 2. The average molecular weight is 293 g/mol. The maximum absolute atomic E-state index is 11.1. The highest BCUT2D eigenvalue weighted by Gasteiger charge is 2.09. The third kappa shape index (κ3) is 3.75. The minimum Gasteiger partial charge on any atom is -0.478 e. The highest BCUT2D eigenvalue weighted by Crippen LogP contribution is 2.25. The maximum atomic E-state index is 11.1. The smallest absolute Gasteiger partial charge is 0.336 e. The zero-order chi connectivity index (χ0) is 13.7. The van der Waals surface area contributed by atoms with E-state index in [9.17, 15) is 4.79 Å². The summed E-state index contributed by atoms with van der Waals surface area (Å²) in [5, 5.41) is 9.85. The SMILES string of the molecule is O=C(O)c1ccccc1SCCc1ccccc1Cl. The first-order chi connectivity index (χ1) is 9.18. The first-order valence-corrected chi connectivity index (χ1v) is 7.23. The molecule has 0 aliphatic carbocycles. The van der Waals surface area contributed by atoms with E-state index in [-0.39, 0.29) is 0 Å². The fourth-order valence-electron chi connectivity index (χ4n) is 1.74. The third-order valence-electron chi connectivity index (χ3n) is 2.70. The third-order valence-corrected chi connectivity index (χ3v) is 4.15. The molecule has 0 unspecified atom stereocenters. The van der Waals surface area contributed by atoms with Crippen molar-refractivity contribution in [1.29, 1.82) is 0 Å². The van der Waals surface area contributed by atoms with Gasteiger partial charge in [0.15, 0.2) is 0 Å². The molecule has 0 radical (unpaired) electrons. The Morgan fingerprint density at radius 3 is 2.53 bits per heavy atom. The van der Waals surface area contributed by atoms with Crippen molar-refractivity contribution in [2.45, 2.75) is 11.3 Å². The number of carboxylic acid groups (broad SMARTS) is 1. The first-order valence-electron chi connectivity index (χ1n) is 5.87. The van der Waals surface area contributed by atoms with Gasteiger partial charge in [0.1, 0.15) is 0 Å². The van der Waals surface area contributed by atoms with Gasteiger partial charge in [-0.2, -0.15) is 0 Å². The molecule has 0 aliphatic heterocycles. The van der Waals surface area contributed by atoms with Crippen LogP contribution in [0.4, 0.5) is 0 Å². The summed E-state index contributed by atoms with van der Waals surface area (Å²) in [6, 6.07) is 14.8. The lowest BCUT2D eigenvalue weighted by molar-refractivity contribution is 0.0693. The normalized spacial score (nSPS) is 10.4. The van der Waals surface area contributed by atoms with Crippen LogP contribution >= 0.6 is 23.4 Å².